The van der Waals surface area contributed by atoms with E-state index >= 15 is 0 Å². The molecule has 1 heterocycles. The van der Waals surface area contributed by atoms with Gasteiger partial charge in [0.05, 0.1) is 6.54 Å². The SMILES string of the molecule is CCn1cnnc1CNc1ccc(N)cc1C(F)F. The number of hydrogen-bond donors (Lipinski definition) is 2. The number of nitrogens with two attached hydrogens (primary N) is 1. The standard InChI is InChI=1S/C12H15F2N5/c1-2-19-7-17-18-11(19)6-16-10-4-3-8(15)5-9(10)12(13)14/h3-5,7,12,16H,2,6,15H2,1H3. The monoisotopic (exact) mass is 267 g/mol. The van der Waals surface area contributed by atoms with Crippen molar-refractivity contribution < 1.29 is 8.78 Å². The van der Waals surface area contributed by atoms with Crippen molar-refractivity contribution in [2.24, 2.45) is 0 Å². The number of nitrogens with one attached hydrogen (secondary N) is 1. The minimum Gasteiger partial charge on any atom is -0.399 e. The number of nitrogens with zero attached hydrogens (tertiary/aromatic N) is 3. The lowest BCUT2D eigenvalue weighted by Gasteiger charge is -2.12. The molecule has 0 unspecified atom stereocenters. The van der Waals surface area contributed by atoms with Gasteiger partial charge in [0.2, 0.25) is 0 Å². The first-order valence-electron chi connectivity index (χ1n) is 5.90. The van der Waals surface area contributed by atoms with Crippen LogP contribution in [-0.2, 0) is 13.1 Å². The summed E-state index contributed by atoms with van der Waals surface area (Å²) in [4.78, 5) is 0. The Labute approximate surface area is 109 Å². The van der Waals surface area contributed by atoms with E-state index in [0.717, 1.165) is 6.54 Å². The summed E-state index contributed by atoms with van der Waals surface area (Å²) in [7, 11) is 0. The zero-order chi connectivity index (χ0) is 13.8. The minimum absolute atomic E-state index is 0.109. The Morgan fingerprint density at radius 3 is 2.89 bits per heavy atom. The van der Waals surface area contributed by atoms with E-state index in [1.54, 1.807) is 18.5 Å². The summed E-state index contributed by atoms with van der Waals surface area (Å²) in [6.07, 6.45) is -0.969. The second kappa shape index (κ2) is 5.64. The van der Waals surface area contributed by atoms with Crippen molar-refractivity contribution in [3.05, 3.63) is 35.9 Å². The molecular formula is C12H15F2N5. The number of hydrogen-bond acceptors (Lipinski definition) is 4. The molecule has 0 saturated heterocycles. The summed E-state index contributed by atoms with van der Waals surface area (Å²) in [6.45, 7) is 3.02. The largest absolute Gasteiger partial charge is 0.399 e. The second-order valence-electron chi connectivity index (χ2n) is 4.03. The Balaban J connectivity index is 2.15. The van der Waals surface area contributed by atoms with Crippen molar-refractivity contribution in [3.63, 3.8) is 0 Å². The van der Waals surface area contributed by atoms with Crippen LogP contribution >= 0.6 is 0 Å². The molecule has 19 heavy (non-hydrogen) atoms. The van der Waals surface area contributed by atoms with Crippen LogP contribution < -0.4 is 11.1 Å². The Kier molecular flexibility index (Phi) is 3.94. The van der Waals surface area contributed by atoms with Crippen LogP contribution in [0.3, 0.4) is 0 Å². The van der Waals surface area contributed by atoms with Gasteiger partial charge in [0.25, 0.3) is 6.43 Å². The predicted octanol–water partition coefficient (Wildman–Crippen LogP) is 2.43. The Hall–Kier alpha value is -2.18. The second-order valence-corrected chi connectivity index (χ2v) is 4.03. The summed E-state index contributed by atoms with van der Waals surface area (Å²) in [5.41, 5.74) is 6.08. The van der Waals surface area contributed by atoms with Gasteiger partial charge >= 0.3 is 0 Å². The third-order valence-electron chi connectivity index (χ3n) is 2.78. The lowest BCUT2D eigenvalue weighted by atomic mass is 10.1. The van der Waals surface area contributed by atoms with Crippen molar-refractivity contribution in [2.75, 3.05) is 11.1 Å². The molecule has 0 fully saturated rings. The number of alkyl halides is 2. The van der Waals surface area contributed by atoms with Gasteiger partial charge in [-0.2, -0.15) is 0 Å². The highest BCUT2D eigenvalue weighted by atomic mass is 19.3. The van der Waals surface area contributed by atoms with Gasteiger partial charge in [-0.15, -0.1) is 10.2 Å². The highest BCUT2D eigenvalue weighted by molar-refractivity contribution is 5.58. The molecule has 3 N–H and O–H groups in total. The molecule has 102 valence electrons. The number of aromatic nitrogens is 3. The third-order valence-corrected chi connectivity index (χ3v) is 2.78. The number of halogens is 2. The fourth-order valence-corrected chi connectivity index (χ4v) is 1.78. The van der Waals surface area contributed by atoms with Crippen LogP contribution in [0.15, 0.2) is 24.5 Å². The molecule has 5 nitrogen and oxygen atoms in total. The van der Waals surface area contributed by atoms with E-state index in [4.69, 9.17) is 5.73 Å². The molecule has 7 heteroatoms. The molecular weight excluding hydrogens is 252 g/mol. The maximum absolute atomic E-state index is 12.9. The molecule has 0 atom stereocenters. The van der Waals surface area contributed by atoms with Crippen molar-refractivity contribution in [1.29, 1.82) is 0 Å². The van der Waals surface area contributed by atoms with Gasteiger partial charge in [-0.05, 0) is 25.1 Å². The number of aryl methyl sites for hydroxylation is 1. The molecule has 1 aromatic heterocycles. The molecule has 1 aromatic carbocycles. The van der Waals surface area contributed by atoms with Crippen molar-refractivity contribution in [3.8, 4) is 0 Å². The van der Waals surface area contributed by atoms with Gasteiger partial charge in [0, 0.05) is 23.5 Å². The number of nitrogen functional groups attached to an aromatic ring is 1. The van der Waals surface area contributed by atoms with Crippen molar-refractivity contribution >= 4 is 11.4 Å². The predicted molar refractivity (Wildman–Crippen MR) is 68.8 cm³/mol. The zero-order valence-corrected chi connectivity index (χ0v) is 10.5. The summed E-state index contributed by atoms with van der Waals surface area (Å²) in [6, 6.07) is 4.40. The lowest BCUT2D eigenvalue weighted by molar-refractivity contribution is 0.152. The average molecular weight is 267 g/mol. The number of benzene rings is 1. The van der Waals surface area contributed by atoms with Crippen molar-refractivity contribution in [1.82, 2.24) is 14.8 Å². The summed E-state index contributed by atoms with van der Waals surface area (Å²) in [5, 5.41) is 10.7. The van der Waals surface area contributed by atoms with Crippen LogP contribution in [0.25, 0.3) is 0 Å². The summed E-state index contributed by atoms with van der Waals surface area (Å²) in [5.74, 6) is 0.694. The van der Waals surface area contributed by atoms with E-state index in [2.05, 4.69) is 15.5 Å². The Bertz CT molecular complexity index is 553. The summed E-state index contributed by atoms with van der Waals surface area (Å²) < 4.78 is 27.6. The van der Waals surface area contributed by atoms with Crippen LogP contribution in [0.2, 0.25) is 0 Å². The molecule has 0 bridgehead atoms. The van der Waals surface area contributed by atoms with E-state index in [9.17, 15) is 8.78 Å². The molecule has 2 rings (SSSR count). The molecule has 0 spiro atoms. The van der Waals surface area contributed by atoms with Crippen molar-refractivity contribution in [2.45, 2.75) is 26.4 Å². The Morgan fingerprint density at radius 2 is 2.21 bits per heavy atom. The van der Waals surface area contributed by atoms with Gasteiger partial charge in [-0.25, -0.2) is 8.78 Å². The highest BCUT2D eigenvalue weighted by Gasteiger charge is 2.13. The quantitative estimate of drug-likeness (QED) is 0.816. The molecule has 0 aliphatic carbocycles. The first-order valence-corrected chi connectivity index (χ1v) is 5.90. The van der Waals surface area contributed by atoms with E-state index in [1.165, 1.54) is 6.07 Å². The maximum atomic E-state index is 12.9. The summed E-state index contributed by atoms with van der Waals surface area (Å²) >= 11 is 0. The van der Waals surface area contributed by atoms with Gasteiger partial charge in [0.1, 0.15) is 6.33 Å². The number of anilines is 2. The van der Waals surface area contributed by atoms with Gasteiger partial charge in [0.15, 0.2) is 5.82 Å². The van der Waals surface area contributed by atoms with Crippen LogP contribution in [0.1, 0.15) is 24.7 Å². The van der Waals surface area contributed by atoms with Crippen LogP contribution in [-0.4, -0.2) is 14.8 Å². The van der Waals surface area contributed by atoms with Crippen LogP contribution in [0.4, 0.5) is 20.2 Å². The van der Waals surface area contributed by atoms with E-state index in [1.807, 2.05) is 11.5 Å². The van der Waals surface area contributed by atoms with Gasteiger partial charge < -0.3 is 15.6 Å². The number of rotatable bonds is 5. The average Bonchev–Trinajstić information content (AvgIpc) is 2.84. The molecule has 0 aliphatic rings. The third kappa shape index (κ3) is 2.98. The van der Waals surface area contributed by atoms with Gasteiger partial charge in [-0.3, -0.25) is 0 Å². The normalized spacial score (nSPS) is 10.9. The van der Waals surface area contributed by atoms with Crippen LogP contribution in [0.5, 0.6) is 0 Å². The van der Waals surface area contributed by atoms with Crippen LogP contribution in [0, 0.1) is 0 Å². The first kappa shape index (κ1) is 13.3. The van der Waals surface area contributed by atoms with E-state index in [-0.39, 0.29) is 5.56 Å². The van der Waals surface area contributed by atoms with Gasteiger partial charge in [-0.1, -0.05) is 0 Å². The fourth-order valence-electron chi connectivity index (χ4n) is 1.78. The molecule has 2 aromatic rings. The molecule has 0 aliphatic heterocycles. The molecule has 0 radical (unpaired) electrons. The topological polar surface area (TPSA) is 68.8 Å². The Morgan fingerprint density at radius 1 is 1.42 bits per heavy atom. The van der Waals surface area contributed by atoms with E-state index < -0.39 is 6.43 Å². The molecule has 0 amide bonds. The molecule has 0 saturated carbocycles. The highest BCUT2D eigenvalue weighted by Crippen LogP contribution is 2.29. The fraction of sp³-hybridized carbons (Fsp3) is 0.333. The maximum Gasteiger partial charge on any atom is 0.265 e. The minimum atomic E-state index is -2.57. The zero-order valence-electron chi connectivity index (χ0n) is 10.5. The smallest absolute Gasteiger partial charge is 0.265 e. The van der Waals surface area contributed by atoms with E-state index in [0.29, 0.717) is 23.7 Å². The lowest BCUT2D eigenvalue weighted by Crippen LogP contribution is -2.09. The first-order chi connectivity index (χ1) is 9.11.